The molecule has 4 rings (SSSR count). The number of hydrogen-bond donors (Lipinski definition) is 0. The molecule has 0 amide bonds. The predicted octanol–water partition coefficient (Wildman–Crippen LogP) is 6.00. The van der Waals surface area contributed by atoms with Crippen molar-refractivity contribution in [2.45, 2.75) is 38.2 Å². The van der Waals surface area contributed by atoms with E-state index in [2.05, 4.69) is 6.58 Å². The molecule has 12 heteroatoms. The summed E-state index contributed by atoms with van der Waals surface area (Å²) in [5.41, 5.74) is -2.01. The Balaban J connectivity index is 1.60. The van der Waals surface area contributed by atoms with E-state index in [4.69, 9.17) is 14.2 Å². The van der Waals surface area contributed by atoms with Crippen molar-refractivity contribution in [1.82, 2.24) is 0 Å². The van der Waals surface area contributed by atoms with Crippen LogP contribution in [0, 0.1) is 23.7 Å². The molecule has 5 unspecified atom stereocenters. The summed E-state index contributed by atoms with van der Waals surface area (Å²) in [7, 11) is 0. The molecule has 0 aromatic heterocycles. The summed E-state index contributed by atoms with van der Waals surface area (Å²) >= 11 is 0. The molecule has 5 atom stereocenters. The van der Waals surface area contributed by atoms with Gasteiger partial charge in [-0.15, -0.1) is 0 Å². The van der Waals surface area contributed by atoms with Crippen molar-refractivity contribution >= 4 is 17.9 Å². The summed E-state index contributed by atoms with van der Waals surface area (Å²) in [5.74, 6) is -7.37. The monoisotopic (exact) mass is 556 g/mol. The first-order valence-electron chi connectivity index (χ1n) is 11.8. The summed E-state index contributed by atoms with van der Waals surface area (Å²) in [6, 6.07) is 7.23. The van der Waals surface area contributed by atoms with Gasteiger partial charge in [0.15, 0.2) is 0 Å². The number of hydrogen-bond acceptors (Lipinski definition) is 6. The smallest absolute Gasteiger partial charge is 0.416 e. The Hall–Kier alpha value is -3.83. The molecule has 2 aliphatic carbocycles. The van der Waals surface area contributed by atoms with Crippen molar-refractivity contribution in [2.75, 3.05) is 0 Å². The lowest BCUT2D eigenvalue weighted by atomic mass is 9.77. The summed E-state index contributed by atoms with van der Waals surface area (Å²) in [4.78, 5) is 38.6. The predicted molar refractivity (Wildman–Crippen MR) is 122 cm³/mol. The highest BCUT2D eigenvalue weighted by molar-refractivity contribution is 5.88. The highest BCUT2D eigenvalue weighted by Crippen LogP contribution is 2.54. The first-order chi connectivity index (χ1) is 18.1. The minimum absolute atomic E-state index is 0.0985. The van der Waals surface area contributed by atoms with Gasteiger partial charge in [0, 0.05) is 11.5 Å². The molecule has 39 heavy (non-hydrogen) atoms. The maximum absolute atomic E-state index is 13.3. The van der Waals surface area contributed by atoms with Crippen LogP contribution < -0.4 is 9.47 Å². The van der Waals surface area contributed by atoms with Crippen molar-refractivity contribution in [1.29, 1.82) is 0 Å². The van der Waals surface area contributed by atoms with Crippen LogP contribution >= 0.6 is 0 Å². The van der Waals surface area contributed by atoms with Crippen molar-refractivity contribution in [3.05, 3.63) is 71.8 Å². The average molecular weight is 556 g/mol. The summed E-state index contributed by atoms with van der Waals surface area (Å²) in [6.45, 7) is 4.92. The minimum Gasteiger partial charge on any atom is -0.459 e. The van der Waals surface area contributed by atoms with E-state index in [1.807, 2.05) is 0 Å². The van der Waals surface area contributed by atoms with Gasteiger partial charge in [-0.05, 0) is 62.1 Å². The Morgan fingerprint density at radius 1 is 0.795 bits per heavy atom. The zero-order chi connectivity index (χ0) is 28.7. The Morgan fingerprint density at radius 3 is 1.74 bits per heavy atom. The second kappa shape index (κ2) is 10.4. The third kappa shape index (κ3) is 6.10. The Morgan fingerprint density at radius 2 is 1.28 bits per heavy atom. The quantitative estimate of drug-likeness (QED) is 0.188. The highest BCUT2D eigenvalue weighted by Gasteiger charge is 2.60. The summed E-state index contributed by atoms with van der Waals surface area (Å²) in [6.07, 6.45) is -9.81. The number of alkyl halides is 6. The van der Waals surface area contributed by atoms with Gasteiger partial charge in [0.1, 0.15) is 17.6 Å². The molecule has 0 aliphatic heterocycles. The van der Waals surface area contributed by atoms with Crippen LogP contribution in [-0.4, -0.2) is 24.0 Å². The highest BCUT2D eigenvalue weighted by atomic mass is 19.4. The van der Waals surface area contributed by atoms with Crippen LogP contribution in [0.25, 0.3) is 0 Å². The third-order valence-corrected chi connectivity index (χ3v) is 6.85. The Bertz CT molecular complexity index is 1300. The molecule has 2 aromatic carbocycles. The van der Waals surface area contributed by atoms with Gasteiger partial charge < -0.3 is 14.2 Å². The van der Waals surface area contributed by atoms with E-state index in [9.17, 15) is 40.7 Å². The van der Waals surface area contributed by atoms with Crippen LogP contribution in [0.5, 0.6) is 11.5 Å². The van der Waals surface area contributed by atoms with Gasteiger partial charge in [-0.2, -0.15) is 26.3 Å². The number of rotatable bonds is 6. The van der Waals surface area contributed by atoms with Gasteiger partial charge in [0.25, 0.3) is 0 Å². The Labute approximate surface area is 218 Å². The van der Waals surface area contributed by atoms with Gasteiger partial charge in [0.05, 0.1) is 23.0 Å². The zero-order valence-electron chi connectivity index (χ0n) is 20.3. The lowest BCUT2D eigenvalue weighted by molar-refractivity contribution is -0.161. The molecule has 0 N–H and O–H groups in total. The van der Waals surface area contributed by atoms with E-state index in [1.165, 1.54) is 6.92 Å². The maximum Gasteiger partial charge on any atom is 0.416 e. The summed E-state index contributed by atoms with van der Waals surface area (Å²) < 4.78 is 94.5. The van der Waals surface area contributed by atoms with E-state index >= 15 is 0 Å². The van der Waals surface area contributed by atoms with Crippen molar-refractivity contribution in [2.24, 2.45) is 23.7 Å². The van der Waals surface area contributed by atoms with E-state index in [0.717, 1.165) is 36.4 Å². The van der Waals surface area contributed by atoms with Gasteiger partial charge in [-0.3, -0.25) is 9.59 Å². The van der Waals surface area contributed by atoms with E-state index < -0.39 is 82.7 Å². The topological polar surface area (TPSA) is 78.9 Å². The molecule has 6 nitrogen and oxygen atoms in total. The molecule has 2 aliphatic rings. The fraction of sp³-hybridized carbons (Fsp3) is 0.370. The van der Waals surface area contributed by atoms with Crippen LogP contribution in [0.1, 0.15) is 30.9 Å². The molecule has 2 aromatic rings. The number of carbonyl (C=O) groups excluding carboxylic acids is 3. The number of halogens is 6. The van der Waals surface area contributed by atoms with Crippen LogP contribution in [0.2, 0.25) is 0 Å². The molecule has 0 spiro atoms. The second-order valence-corrected chi connectivity index (χ2v) is 9.56. The molecular weight excluding hydrogens is 534 g/mol. The molecule has 2 fully saturated rings. The van der Waals surface area contributed by atoms with Crippen molar-refractivity contribution < 1.29 is 54.9 Å². The molecule has 0 saturated heterocycles. The Kier molecular flexibility index (Phi) is 7.50. The molecule has 2 bridgehead atoms. The minimum atomic E-state index is -4.70. The van der Waals surface area contributed by atoms with Crippen LogP contribution in [0.3, 0.4) is 0 Å². The largest absolute Gasteiger partial charge is 0.459 e. The van der Waals surface area contributed by atoms with Crippen LogP contribution in [0.15, 0.2) is 60.7 Å². The van der Waals surface area contributed by atoms with E-state index in [1.54, 1.807) is 0 Å². The van der Waals surface area contributed by atoms with Crippen LogP contribution in [0.4, 0.5) is 26.3 Å². The lowest BCUT2D eigenvalue weighted by Crippen LogP contribution is -2.44. The SMILES string of the molecule is C=C(C)C(=O)OC1CC2CC1C(C(=O)Oc1cccc(C(F)(F)F)c1)C2C(=O)Oc1cccc(C(F)(F)F)c1. The van der Waals surface area contributed by atoms with Crippen LogP contribution in [-0.2, 0) is 31.5 Å². The number of fused-ring (bicyclic) bond motifs is 2. The first-order valence-corrected chi connectivity index (χ1v) is 11.8. The fourth-order valence-corrected chi connectivity index (χ4v) is 5.18. The zero-order valence-corrected chi connectivity index (χ0v) is 20.3. The van der Waals surface area contributed by atoms with E-state index in [0.29, 0.717) is 12.1 Å². The standard InChI is InChI=1S/C27H22F6O6/c1-13(2)23(34)39-20-10-14-9-19(20)22(25(36)38-18-8-4-6-16(12-18)27(31,32)33)21(14)24(35)37-17-7-3-5-15(11-17)26(28,29)30/h3-8,11-12,14,19-22H,1,9-10H2,2H3. The first kappa shape index (κ1) is 28.2. The van der Waals surface area contributed by atoms with Gasteiger partial charge in [-0.25, -0.2) is 4.79 Å². The number of carbonyl (C=O) groups is 3. The normalized spacial score (nSPS) is 24.2. The molecular formula is C27H22F6O6. The van der Waals surface area contributed by atoms with Gasteiger partial charge in [-0.1, -0.05) is 18.7 Å². The third-order valence-electron chi connectivity index (χ3n) is 6.85. The number of ether oxygens (including phenoxy) is 3. The van der Waals surface area contributed by atoms with Gasteiger partial charge in [0.2, 0.25) is 0 Å². The number of benzene rings is 2. The summed E-state index contributed by atoms with van der Waals surface area (Å²) in [5, 5.41) is 0. The molecule has 208 valence electrons. The van der Waals surface area contributed by atoms with Gasteiger partial charge >= 0.3 is 30.3 Å². The number of esters is 3. The van der Waals surface area contributed by atoms with E-state index in [-0.39, 0.29) is 18.4 Å². The second-order valence-electron chi connectivity index (χ2n) is 9.56. The van der Waals surface area contributed by atoms with Crippen molar-refractivity contribution in [3.63, 3.8) is 0 Å². The maximum atomic E-state index is 13.3. The van der Waals surface area contributed by atoms with Crippen molar-refractivity contribution in [3.8, 4) is 11.5 Å². The lowest BCUT2D eigenvalue weighted by Gasteiger charge is -2.32. The fourth-order valence-electron chi connectivity index (χ4n) is 5.18. The average Bonchev–Trinajstić information content (AvgIpc) is 3.41. The molecule has 0 heterocycles. The molecule has 2 saturated carbocycles. The molecule has 0 radical (unpaired) electrons.